The largest absolute Gasteiger partial charge is 0.373 e. The van der Waals surface area contributed by atoms with E-state index in [2.05, 4.69) is 126 Å². The molecule has 238 valence electrons. The van der Waals surface area contributed by atoms with Gasteiger partial charge in [-0.3, -0.25) is 9.98 Å². The summed E-state index contributed by atoms with van der Waals surface area (Å²) in [4.78, 5) is 19.6. The van der Waals surface area contributed by atoms with Crippen LogP contribution in [0.3, 0.4) is 0 Å². The van der Waals surface area contributed by atoms with Crippen LogP contribution in [0.15, 0.2) is 46.4 Å². The minimum atomic E-state index is 0. The molecule has 0 radical (unpaired) electrons. The molecule has 0 aliphatic rings. The van der Waals surface area contributed by atoms with Gasteiger partial charge in [0, 0.05) is 70.9 Å². The summed E-state index contributed by atoms with van der Waals surface area (Å²) in [6.07, 6.45) is 8.53. The summed E-state index contributed by atoms with van der Waals surface area (Å²) in [6.45, 7) is 17.0. The molecule has 0 saturated carbocycles. The van der Waals surface area contributed by atoms with Crippen molar-refractivity contribution >= 4 is 45.5 Å². The smallest absolute Gasteiger partial charge is 0.0655 e. The van der Waals surface area contributed by atoms with Crippen molar-refractivity contribution < 1.29 is 16.5 Å². The molecule has 6 nitrogen and oxygen atoms in total. The van der Waals surface area contributed by atoms with E-state index in [-0.39, 0.29) is 16.5 Å². The summed E-state index contributed by atoms with van der Waals surface area (Å²) in [5, 5.41) is 0. The maximum Gasteiger partial charge on any atom is 0.0655 e. The van der Waals surface area contributed by atoms with Gasteiger partial charge < -0.3 is 19.6 Å². The summed E-state index contributed by atoms with van der Waals surface area (Å²) >= 11 is 0. The quantitative estimate of drug-likeness (QED) is 0.0946. The van der Waals surface area contributed by atoms with Crippen molar-refractivity contribution in [3.8, 4) is 0 Å². The first-order chi connectivity index (χ1) is 19.7. The first-order valence-corrected chi connectivity index (χ1v) is 16.0. The van der Waals surface area contributed by atoms with E-state index in [1.54, 1.807) is 0 Å². The number of hydrogen-bond acceptors (Lipinski definition) is 6. The van der Waals surface area contributed by atoms with Crippen LogP contribution in [-0.2, 0) is 16.5 Å². The molecule has 2 aromatic rings. The standard InChI is InChI=1S/C35H58N6.Ni/c1-11-16-17-18-19-20-21-31(37-30-23-25-33(39(8)13-3)35(27-30)41(10)15-5)28(6)36-29-22-24-32(38(7)12-2)34(26-29)40(9)14-4;/h22-27H,11-21H2,1-10H3;. The van der Waals surface area contributed by atoms with E-state index in [0.717, 1.165) is 61.8 Å². The molecule has 0 bridgehead atoms. The molecule has 42 heavy (non-hydrogen) atoms. The average molecular weight is 622 g/mol. The molecule has 0 spiro atoms. The van der Waals surface area contributed by atoms with Gasteiger partial charge in [0.05, 0.1) is 45.5 Å². The molecule has 2 rings (SSSR count). The Balaban J connectivity index is 0.00000882. The molecule has 7 heteroatoms. The number of rotatable bonds is 18. The molecular weight excluding hydrogens is 563 g/mol. The summed E-state index contributed by atoms with van der Waals surface area (Å²) in [6, 6.07) is 13.2. The van der Waals surface area contributed by atoms with Gasteiger partial charge in [-0.05, 0) is 83.9 Å². The van der Waals surface area contributed by atoms with Crippen LogP contribution in [-0.4, -0.2) is 65.8 Å². The molecule has 0 atom stereocenters. The zero-order valence-corrected chi connectivity index (χ0v) is 29.2. The van der Waals surface area contributed by atoms with E-state index < -0.39 is 0 Å². The van der Waals surface area contributed by atoms with Crippen molar-refractivity contribution in [1.29, 1.82) is 0 Å². The van der Waals surface area contributed by atoms with Crippen LogP contribution >= 0.6 is 0 Å². The third kappa shape index (κ3) is 10.9. The second kappa shape index (κ2) is 19.6. The molecule has 0 heterocycles. The Morgan fingerprint density at radius 1 is 0.548 bits per heavy atom. The Labute approximate surface area is 268 Å². The Bertz CT molecular complexity index is 1130. The van der Waals surface area contributed by atoms with Crippen molar-refractivity contribution in [2.45, 2.75) is 86.5 Å². The number of nitrogens with zero attached hydrogens (tertiary/aromatic N) is 6. The molecular formula is C35H58N6Ni. The van der Waals surface area contributed by atoms with E-state index in [0.29, 0.717) is 0 Å². The van der Waals surface area contributed by atoms with Crippen LogP contribution in [0.1, 0.15) is 86.5 Å². The minimum absolute atomic E-state index is 0. The second-order valence-electron chi connectivity index (χ2n) is 11.2. The maximum atomic E-state index is 5.25. The first kappa shape index (κ1) is 37.5. The van der Waals surface area contributed by atoms with E-state index in [9.17, 15) is 0 Å². The third-order valence-corrected chi connectivity index (χ3v) is 8.21. The molecule has 0 aliphatic carbocycles. The molecule has 2 aromatic carbocycles. The summed E-state index contributed by atoms with van der Waals surface area (Å²) in [7, 11) is 8.61. The number of unbranched alkanes of at least 4 members (excludes halogenated alkanes) is 5. The third-order valence-electron chi connectivity index (χ3n) is 8.21. The van der Waals surface area contributed by atoms with Gasteiger partial charge in [0.1, 0.15) is 0 Å². The van der Waals surface area contributed by atoms with E-state index in [4.69, 9.17) is 9.98 Å². The topological polar surface area (TPSA) is 37.7 Å². The van der Waals surface area contributed by atoms with Crippen LogP contribution in [0, 0.1) is 0 Å². The maximum absolute atomic E-state index is 5.25. The summed E-state index contributed by atoms with van der Waals surface area (Å²) in [5.74, 6) is 0. The molecule has 0 amide bonds. The predicted octanol–water partition coefficient (Wildman–Crippen LogP) is 9.12. The number of hydrogen-bond donors (Lipinski definition) is 0. The van der Waals surface area contributed by atoms with Gasteiger partial charge in [-0.1, -0.05) is 39.0 Å². The fourth-order valence-electron chi connectivity index (χ4n) is 4.91. The molecule has 0 aliphatic heterocycles. The van der Waals surface area contributed by atoms with Crippen molar-refractivity contribution in [1.82, 2.24) is 0 Å². The van der Waals surface area contributed by atoms with E-state index >= 15 is 0 Å². The normalized spacial score (nSPS) is 11.8. The van der Waals surface area contributed by atoms with Crippen LogP contribution in [0.4, 0.5) is 34.1 Å². The van der Waals surface area contributed by atoms with Gasteiger partial charge >= 0.3 is 0 Å². The fourth-order valence-corrected chi connectivity index (χ4v) is 4.91. The monoisotopic (exact) mass is 620 g/mol. The number of benzene rings is 2. The van der Waals surface area contributed by atoms with E-state index in [1.165, 1.54) is 54.9 Å². The van der Waals surface area contributed by atoms with E-state index in [1.807, 2.05) is 0 Å². The van der Waals surface area contributed by atoms with Gasteiger partial charge in [-0.2, -0.15) is 0 Å². The van der Waals surface area contributed by atoms with Crippen LogP contribution in [0.25, 0.3) is 0 Å². The Morgan fingerprint density at radius 3 is 1.40 bits per heavy atom. The zero-order chi connectivity index (χ0) is 30.4. The summed E-state index contributed by atoms with van der Waals surface area (Å²) < 4.78 is 0. The van der Waals surface area contributed by atoms with Crippen molar-refractivity contribution in [3.63, 3.8) is 0 Å². The molecule has 0 aromatic heterocycles. The molecule has 0 saturated heterocycles. The SMILES string of the molecule is CCCCCCCCC(=Nc1ccc(N(C)CC)c(N(C)CC)c1)C(C)=Nc1ccc(N(C)CC)c(N(C)CC)c1.[Ni]. The van der Waals surface area contributed by atoms with Crippen molar-refractivity contribution in [2.75, 3.05) is 74.0 Å². The predicted molar refractivity (Wildman–Crippen MR) is 187 cm³/mol. The van der Waals surface area contributed by atoms with Gasteiger partial charge in [0.2, 0.25) is 0 Å². The van der Waals surface area contributed by atoms with Crippen LogP contribution < -0.4 is 19.6 Å². The van der Waals surface area contributed by atoms with Crippen molar-refractivity contribution in [3.05, 3.63) is 36.4 Å². The average Bonchev–Trinajstić information content (AvgIpc) is 3.00. The van der Waals surface area contributed by atoms with Crippen molar-refractivity contribution in [2.24, 2.45) is 9.98 Å². The zero-order valence-electron chi connectivity index (χ0n) is 28.2. The molecule has 0 unspecified atom stereocenters. The minimum Gasteiger partial charge on any atom is -0.373 e. The number of aliphatic imine (C=N–C) groups is 2. The van der Waals surface area contributed by atoms with Crippen LogP contribution in [0.2, 0.25) is 0 Å². The Morgan fingerprint density at radius 2 is 0.952 bits per heavy atom. The van der Waals surface area contributed by atoms with Gasteiger partial charge in [-0.15, -0.1) is 0 Å². The Hall–Kier alpha value is -2.53. The van der Waals surface area contributed by atoms with Gasteiger partial charge in [0.25, 0.3) is 0 Å². The first-order valence-electron chi connectivity index (χ1n) is 16.0. The molecule has 0 fully saturated rings. The Kier molecular flexibility index (Phi) is 17.5. The second-order valence-corrected chi connectivity index (χ2v) is 11.2. The number of anilines is 4. The van der Waals surface area contributed by atoms with Gasteiger partial charge in [-0.25, -0.2) is 0 Å². The fraction of sp³-hybridized carbons (Fsp3) is 0.600. The molecule has 0 N–H and O–H groups in total. The van der Waals surface area contributed by atoms with Crippen LogP contribution in [0.5, 0.6) is 0 Å². The van der Waals surface area contributed by atoms with Gasteiger partial charge in [0.15, 0.2) is 0 Å². The summed E-state index contributed by atoms with van der Waals surface area (Å²) in [5.41, 5.74) is 8.96.